The molecular formula is C23H28N2O3. The summed E-state index contributed by atoms with van der Waals surface area (Å²) in [5.74, 6) is 0.298. The number of non-ortho nitro benzene ring substituents is 1. The number of nitrogens with one attached hydrogen (secondary N) is 1. The monoisotopic (exact) mass is 380 g/mol. The molecule has 5 nitrogen and oxygen atoms in total. The van der Waals surface area contributed by atoms with Crippen molar-refractivity contribution >= 4 is 23.2 Å². The van der Waals surface area contributed by atoms with Gasteiger partial charge in [0, 0.05) is 24.3 Å². The Morgan fingerprint density at radius 1 is 1.14 bits per heavy atom. The number of hydrogen-bond donors (Lipinski definition) is 1. The summed E-state index contributed by atoms with van der Waals surface area (Å²) in [7, 11) is 0. The largest absolute Gasteiger partial charge is 0.352 e. The van der Waals surface area contributed by atoms with E-state index in [0.29, 0.717) is 23.6 Å². The molecule has 0 aliphatic carbocycles. The van der Waals surface area contributed by atoms with Crippen LogP contribution in [0.4, 0.5) is 5.69 Å². The quantitative estimate of drug-likeness (QED) is 0.257. The smallest absolute Gasteiger partial charge is 0.270 e. The van der Waals surface area contributed by atoms with Gasteiger partial charge in [0.05, 0.1) is 4.92 Å². The highest BCUT2D eigenvalue weighted by Crippen LogP contribution is 2.22. The second-order valence-corrected chi connectivity index (χ2v) is 6.90. The van der Waals surface area contributed by atoms with E-state index < -0.39 is 4.92 Å². The zero-order chi connectivity index (χ0) is 20.4. The highest BCUT2D eigenvalue weighted by Gasteiger charge is 2.15. The average Bonchev–Trinajstić information content (AvgIpc) is 2.72. The van der Waals surface area contributed by atoms with E-state index in [1.807, 2.05) is 30.3 Å². The molecule has 148 valence electrons. The third-order valence-electron chi connectivity index (χ3n) is 4.82. The highest BCUT2D eigenvalue weighted by molar-refractivity contribution is 6.24. The molecule has 2 rings (SSSR count). The molecule has 0 saturated heterocycles. The minimum Gasteiger partial charge on any atom is -0.352 e. The number of rotatable bonds is 10. The van der Waals surface area contributed by atoms with Crippen LogP contribution in [0, 0.1) is 16.0 Å². The van der Waals surface area contributed by atoms with Gasteiger partial charge in [-0.3, -0.25) is 14.9 Å². The summed E-state index contributed by atoms with van der Waals surface area (Å²) in [5, 5.41) is 14.1. The first-order valence-corrected chi connectivity index (χ1v) is 9.84. The topological polar surface area (TPSA) is 72.2 Å². The van der Waals surface area contributed by atoms with Crippen LogP contribution >= 0.6 is 0 Å². The van der Waals surface area contributed by atoms with Crippen molar-refractivity contribution in [1.82, 2.24) is 5.32 Å². The fourth-order valence-electron chi connectivity index (χ4n) is 3.07. The fourth-order valence-corrected chi connectivity index (χ4v) is 3.07. The molecule has 0 radical (unpaired) electrons. The zero-order valence-electron chi connectivity index (χ0n) is 16.6. The molecule has 0 aliphatic rings. The molecule has 0 bridgehead atoms. The van der Waals surface area contributed by atoms with Gasteiger partial charge < -0.3 is 5.32 Å². The Bertz CT molecular complexity index is 816. The van der Waals surface area contributed by atoms with Gasteiger partial charge in [-0.05, 0) is 29.5 Å². The lowest BCUT2D eigenvalue weighted by molar-refractivity contribution is -0.384. The van der Waals surface area contributed by atoms with E-state index >= 15 is 0 Å². The molecular weight excluding hydrogens is 352 g/mol. The maximum atomic E-state index is 12.9. The summed E-state index contributed by atoms with van der Waals surface area (Å²) in [4.78, 5) is 23.6. The lowest BCUT2D eigenvalue weighted by atomic mass is 9.98. The van der Waals surface area contributed by atoms with E-state index in [2.05, 4.69) is 19.2 Å². The number of unbranched alkanes of at least 4 members (excludes halogenated alkanes) is 1. The Kier molecular flexibility index (Phi) is 8.40. The molecule has 1 amide bonds. The van der Waals surface area contributed by atoms with E-state index in [0.717, 1.165) is 31.2 Å². The normalized spacial score (nSPS) is 12.4. The van der Waals surface area contributed by atoms with Crippen LogP contribution < -0.4 is 5.32 Å². The number of nitro groups is 1. The Labute approximate surface area is 166 Å². The number of hydrogen-bond acceptors (Lipinski definition) is 3. The molecule has 2 aromatic carbocycles. The zero-order valence-corrected chi connectivity index (χ0v) is 16.6. The van der Waals surface area contributed by atoms with Gasteiger partial charge in [0.15, 0.2) is 0 Å². The molecule has 1 unspecified atom stereocenters. The minimum atomic E-state index is -0.431. The Balaban J connectivity index is 2.26. The number of amides is 1. The van der Waals surface area contributed by atoms with E-state index in [9.17, 15) is 14.9 Å². The van der Waals surface area contributed by atoms with E-state index in [-0.39, 0.29) is 11.6 Å². The number of carbonyl (C=O) groups excluding carboxylic acids is 1. The Morgan fingerprint density at radius 2 is 1.89 bits per heavy atom. The number of nitro benzene ring substituents is 1. The maximum absolute atomic E-state index is 12.9. The molecule has 28 heavy (non-hydrogen) atoms. The summed E-state index contributed by atoms with van der Waals surface area (Å²) >= 11 is 0. The first-order chi connectivity index (χ1) is 13.5. The number of nitrogens with zero attached hydrogens (tertiary/aromatic N) is 1. The van der Waals surface area contributed by atoms with Gasteiger partial charge >= 0.3 is 0 Å². The van der Waals surface area contributed by atoms with Crippen LogP contribution in [0.3, 0.4) is 0 Å². The summed E-state index contributed by atoms with van der Waals surface area (Å²) in [6.07, 6.45) is 6.14. The summed E-state index contributed by atoms with van der Waals surface area (Å²) in [5.41, 5.74) is 1.92. The lowest BCUT2D eigenvalue weighted by Gasteiger charge is -2.16. The van der Waals surface area contributed by atoms with Crippen molar-refractivity contribution in [3.05, 3.63) is 75.8 Å². The summed E-state index contributed by atoms with van der Waals surface area (Å²) < 4.78 is 0. The van der Waals surface area contributed by atoms with Crippen LogP contribution in [-0.2, 0) is 4.79 Å². The van der Waals surface area contributed by atoms with Crippen LogP contribution in [0.1, 0.15) is 50.7 Å². The minimum absolute atomic E-state index is 0.00665. The van der Waals surface area contributed by atoms with Crippen molar-refractivity contribution in [2.45, 2.75) is 39.5 Å². The first-order valence-electron chi connectivity index (χ1n) is 9.84. The van der Waals surface area contributed by atoms with Crippen molar-refractivity contribution in [2.24, 2.45) is 5.92 Å². The van der Waals surface area contributed by atoms with Crippen LogP contribution in [0.25, 0.3) is 11.6 Å². The van der Waals surface area contributed by atoms with Gasteiger partial charge in [-0.25, -0.2) is 0 Å². The van der Waals surface area contributed by atoms with Gasteiger partial charge in [0.2, 0.25) is 0 Å². The van der Waals surface area contributed by atoms with Gasteiger partial charge in [0.1, 0.15) is 0 Å². The van der Waals surface area contributed by atoms with Gasteiger partial charge in [-0.2, -0.15) is 0 Å². The van der Waals surface area contributed by atoms with Gasteiger partial charge in [-0.15, -0.1) is 0 Å². The van der Waals surface area contributed by atoms with Crippen LogP contribution in [0.5, 0.6) is 0 Å². The van der Waals surface area contributed by atoms with Crippen LogP contribution in [-0.4, -0.2) is 17.4 Å². The summed E-state index contributed by atoms with van der Waals surface area (Å²) in [6, 6.07) is 15.7. The maximum Gasteiger partial charge on any atom is 0.270 e. The Morgan fingerprint density at radius 3 is 2.54 bits per heavy atom. The molecule has 1 N–H and O–H groups in total. The van der Waals surface area contributed by atoms with E-state index in [1.165, 1.54) is 12.1 Å². The molecule has 0 aromatic heterocycles. The predicted octanol–water partition coefficient (Wildman–Crippen LogP) is 5.47. The van der Waals surface area contributed by atoms with Crippen LogP contribution in [0.15, 0.2) is 54.6 Å². The molecule has 2 aromatic rings. The van der Waals surface area contributed by atoms with Crippen molar-refractivity contribution in [1.29, 1.82) is 0 Å². The fraction of sp³-hybridized carbons (Fsp3) is 0.348. The third-order valence-corrected chi connectivity index (χ3v) is 4.82. The predicted molar refractivity (Wildman–Crippen MR) is 114 cm³/mol. The van der Waals surface area contributed by atoms with Crippen molar-refractivity contribution in [3.63, 3.8) is 0 Å². The SMILES string of the molecule is CCCCC(CC)CNC(=O)/C(=C/c1cccc([N+](=O)[O-])c1)c1ccccc1. The molecule has 0 aliphatic heterocycles. The van der Waals surface area contributed by atoms with Crippen molar-refractivity contribution in [2.75, 3.05) is 6.54 Å². The second kappa shape index (κ2) is 11.0. The number of benzene rings is 2. The standard InChI is InChI=1S/C23H28N2O3/c1-3-5-10-18(4-2)17-24-23(26)22(20-12-7-6-8-13-20)16-19-11-9-14-21(15-19)25(27)28/h6-9,11-16,18H,3-5,10,17H2,1-2H3,(H,24,26)/b22-16+. The molecule has 5 heteroatoms. The molecule has 0 fully saturated rings. The third kappa shape index (κ3) is 6.34. The average molecular weight is 380 g/mol. The molecule has 0 spiro atoms. The summed E-state index contributed by atoms with van der Waals surface area (Å²) in [6.45, 7) is 4.94. The number of carbonyl (C=O) groups is 1. The van der Waals surface area contributed by atoms with E-state index in [4.69, 9.17) is 0 Å². The lowest BCUT2D eigenvalue weighted by Crippen LogP contribution is -2.29. The molecule has 0 saturated carbocycles. The highest BCUT2D eigenvalue weighted by atomic mass is 16.6. The van der Waals surface area contributed by atoms with Crippen molar-refractivity contribution < 1.29 is 9.72 Å². The van der Waals surface area contributed by atoms with E-state index in [1.54, 1.807) is 18.2 Å². The first kappa shape index (κ1) is 21.4. The van der Waals surface area contributed by atoms with Crippen LogP contribution in [0.2, 0.25) is 0 Å². The molecule has 1 atom stereocenters. The molecule has 0 heterocycles. The Hall–Kier alpha value is -2.95. The van der Waals surface area contributed by atoms with Gasteiger partial charge in [0.25, 0.3) is 11.6 Å². The van der Waals surface area contributed by atoms with Crippen molar-refractivity contribution in [3.8, 4) is 0 Å². The van der Waals surface area contributed by atoms with Gasteiger partial charge in [-0.1, -0.05) is 75.6 Å². The second-order valence-electron chi connectivity index (χ2n) is 6.90.